The van der Waals surface area contributed by atoms with Crippen molar-refractivity contribution in [2.75, 3.05) is 32.5 Å². The van der Waals surface area contributed by atoms with Crippen molar-refractivity contribution in [3.63, 3.8) is 0 Å². The highest BCUT2D eigenvalue weighted by atomic mass is 32.2. The van der Waals surface area contributed by atoms with Crippen LogP contribution in [-0.2, 0) is 4.79 Å². The lowest BCUT2D eigenvalue weighted by Gasteiger charge is -2.29. The Balaban J connectivity index is 1.86. The zero-order valence-corrected chi connectivity index (χ0v) is 18.4. The molecule has 1 fully saturated rings. The van der Waals surface area contributed by atoms with E-state index in [1.54, 1.807) is 12.0 Å². The number of aromatic nitrogens is 3. The van der Waals surface area contributed by atoms with Crippen LogP contribution in [0.1, 0.15) is 51.4 Å². The van der Waals surface area contributed by atoms with E-state index in [0.29, 0.717) is 12.3 Å². The summed E-state index contributed by atoms with van der Waals surface area (Å²) >= 11 is 1.43. The molecule has 0 aliphatic carbocycles. The topological polar surface area (TPSA) is 73.5 Å². The van der Waals surface area contributed by atoms with E-state index in [4.69, 9.17) is 4.74 Å². The van der Waals surface area contributed by atoms with Crippen LogP contribution in [0.5, 0.6) is 5.75 Å². The van der Waals surface area contributed by atoms with Crippen molar-refractivity contribution in [2.45, 2.75) is 50.7 Å². The standard InChI is InChI=1S/C21H31N5O2S/c1-4-12-22-19(27)15-29-21-24-23-20(16(2)25-13-6-5-7-14-25)26(21)17-8-10-18(28-3)11-9-17/h8-11,16H,4-7,12-15H2,1-3H3,(H,22,27)/p+1/t16-/m0/s1. The van der Waals surface area contributed by atoms with Gasteiger partial charge in [-0.25, -0.2) is 0 Å². The molecule has 1 aromatic heterocycles. The first kappa shape index (κ1) is 21.6. The molecule has 0 saturated carbocycles. The number of carbonyl (C=O) groups is 1. The van der Waals surface area contributed by atoms with Gasteiger partial charge < -0.3 is 15.0 Å². The Morgan fingerprint density at radius 2 is 1.97 bits per heavy atom. The Labute approximate surface area is 177 Å². The highest BCUT2D eigenvalue weighted by Crippen LogP contribution is 2.26. The molecule has 29 heavy (non-hydrogen) atoms. The number of piperidine rings is 1. The molecular formula is C21H32N5O2S+. The summed E-state index contributed by atoms with van der Waals surface area (Å²) in [6.07, 6.45) is 4.76. The summed E-state index contributed by atoms with van der Waals surface area (Å²) in [6.45, 7) is 7.31. The molecule has 2 N–H and O–H groups in total. The van der Waals surface area contributed by atoms with Gasteiger partial charge in [-0.05, 0) is 56.9 Å². The largest absolute Gasteiger partial charge is 0.497 e. The number of amides is 1. The van der Waals surface area contributed by atoms with Crippen LogP contribution in [-0.4, -0.2) is 53.2 Å². The molecule has 1 amide bonds. The van der Waals surface area contributed by atoms with Crippen LogP contribution in [0.4, 0.5) is 0 Å². The van der Waals surface area contributed by atoms with Gasteiger partial charge in [0.05, 0.1) is 26.0 Å². The van der Waals surface area contributed by atoms with Gasteiger partial charge in [-0.3, -0.25) is 9.36 Å². The Hall–Kier alpha value is -2.06. The molecule has 2 heterocycles. The predicted molar refractivity (Wildman–Crippen MR) is 115 cm³/mol. The van der Waals surface area contributed by atoms with Gasteiger partial charge in [0.2, 0.25) is 5.91 Å². The fourth-order valence-electron chi connectivity index (χ4n) is 3.70. The van der Waals surface area contributed by atoms with Crippen molar-refractivity contribution in [3.05, 3.63) is 30.1 Å². The number of quaternary nitrogens is 1. The highest BCUT2D eigenvalue weighted by molar-refractivity contribution is 7.99. The van der Waals surface area contributed by atoms with Crippen LogP contribution in [0.15, 0.2) is 29.4 Å². The number of ether oxygens (including phenoxy) is 1. The Bertz CT molecular complexity index is 787. The van der Waals surface area contributed by atoms with Crippen LogP contribution < -0.4 is 15.0 Å². The van der Waals surface area contributed by atoms with Gasteiger partial charge in [-0.2, -0.15) is 0 Å². The fourth-order valence-corrected chi connectivity index (χ4v) is 4.48. The van der Waals surface area contributed by atoms with Crippen LogP contribution in [0.2, 0.25) is 0 Å². The van der Waals surface area contributed by atoms with Gasteiger partial charge in [-0.1, -0.05) is 18.7 Å². The molecule has 1 saturated heterocycles. The smallest absolute Gasteiger partial charge is 0.230 e. The number of carbonyl (C=O) groups excluding carboxylic acids is 1. The summed E-state index contributed by atoms with van der Waals surface area (Å²) in [5, 5.41) is 12.7. The fraction of sp³-hybridized carbons (Fsp3) is 0.571. The third kappa shape index (κ3) is 5.51. The number of likely N-dealkylation sites (tertiary alicyclic amines) is 1. The second kappa shape index (κ2) is 10.6. The summed E-state index contributed by atoms with van der Waals surface area (Å²) in [5.74, 6) is 2.12. The van der Waals surface area contributed by atoms with Gasteiger partial charge in [-0.15, -0.1) is 10.2 Å². The second-order valence-corrected chi connectivity index (χ2v) is 8.40. The van der Waals surface area contributed by atoms with Crippen molar-refractivity contribution in [1.82, 2.24) is 20.1 Å². The van der Waals surface area contributed by atoms with Crippen LogP contribution in [0.3, 0.4) is 0 Å². The molecule has 3 rings (SSSR count). The number of hydrogen-bond donors (Lipinski definition) is 2. The Morgan fingerprint density at radius 3 is 2.62 bits per heavy atom. The number of nitrogens with one attached hydrogen (secondary N) is 2. The Morgan fingerprint density at radius 1 is 1.24 bits per heavy atom. The number of nitrogens with zero attached hydrogens (tertiary/aromatic N) is 3. The van der Waals surface area contributed by atoms with E-state index in [1.165, 1.54) is 44.1 Å². The maximum absolute atomic E-state index is 12.1. The normalized spacial score (nSPS) is 15.8. The lowest BCUT2D eigenvalue weighted by molar-refractivity contribution is -0.935. The van der Waals surface area contributed by atoms with Gasteiger partial charge >= 0.3 is 0 Å². The zero-order chi connectivity index (χ0) is 20.6. The van der Waals surface area contributed by atoms with E-state index in [9.17, 15) is 4.79 Å². The van der Waals surface area contributed by atoms with Gasteiger partial charge in [0.15, 0.2) is 11.0 Å². The SMILES string of the molecule is CCCNC(=O)CSc1nnc([C@H](C)[NH+]2CCCCC2)n1-c1ccc(OC)cc1. The monoisotopic (exact) mass is 418 g/mol. The van der Waals surface area contributed by atoms with Crippen molar-refractivity contribution in [1.29, 1.82) is 0 Å². The molecule has 2 aromatic rings. The molecular weight excluding hydrogens is 386 g/mol. The molecule has 1 aliphatic rings. The molecule has 1 aliphatic heterocycles. The van der Waals surface area contributed by atoms with E-state index in [0.717, 1.165) is 28.8 Å². The summed E-state index contributed by atoms with van der Waals surface area (Å²) in [5.41, 5.74) is 0.991. The quantitative estimate of drug-likeness (QED) is 0.610. The molecule has 7 nitrogen and oxygen atoms in total. The van der Waals surface area contributed by atoms with E-state index >= 15 is 0 Å². The first-order valence-corrected chi connectivity index (χ1v) is 11.5. The molecule has 1 aromatic carbocycles. The third-order valence-corrected chi connectivity index (χ3v) is 6.32. The van der Waals surface area contributed by atoms with E-state index in [-0.39, 0.29) is 11.9 Å². The zero-order valence-electron chi connectivity index (χ0n) is 17.6. The Kier molecular flexibility index (Phi) is 7.94. The van der Waals surface area contributed by atoms with Crippen LogP contribution in [0.25, 0.3) is 5.69 Å². The average Bonchev–Trinajstić information content (AvgIpc) is 3.20. The van der Waals surface area contributed by atoms with E-state index in [2.05, 4.69) is 27.0 Å². The number of thioether (sulfide) groups is 1. The first-order valence-electron chi connectivity index (χ1n) is 10.5. The third-order valence-electron chi connectivity index (χ3n) is 5.39. The molecule has 0 spiro atoms. The molecule has 0 unspecified atom stereocenters. The lowest BCUT2D eigenvalue weighted by Crippen LogP contribution is -3.12. The van der Waals surface area contributed by atoms with Crippen molar-refractivity contribution < 1.29 is 14.4 Å². The summed E-state index contributed by atoms with van der Waals surface area (Å²) in [7, 11) is 1.66. The summed E-state index contributed by atoms with van der Waals surface area (Å²) in [6, 6.07) is 8.17. The maximum atomic E-state index is 12.1. The average molecular weight is 419 g/mol. The minimum absolute atomic E-state index is 0.0254. The minimum atomic E-state index is 0.0254. The van der Waals surface area contributed by atoms with Gasteiger partial charge in [0, 0.05) is 12.2 Å². The maximum Gasteiger partial charge on any atom is 0.230 e. The number of benzene rings is 1. The van der Waals surface area contributed by atoms with Crippen molar-refractivity contribution in [3.8, 4) is 11.4 Å². The molecule has 0 radical (unpaired) electrons. The second-order valence-electron chi connectivity index (χ2n) is 7.45. The summed E-state index contributed by atoms with van der Waals surface area (Å²) < 4.78 is 7.40. The van der Waals surface area contributed by atoms with E-state index < -0.39 is 0 Å². The molecule has 158 valence electrons. The van der Waals surface area contributed by atoms with Gasteiger partial charge in [0.25, 0.3) is 0 Å². The van der Waals surface area contributed by atoms with Crippen molar-refractivity contribution >= 4 is 17.7 Å². The van der Waals surface area contributed by atoms with E-state index in [1.807, 2.05) is 31.2 Å². The number of rotatable bonds is 9. The molecule has 8 heteroatoms. The van der Waals surface area contributed by atoms with Gasteiger partial charge in [0.1, 0.15) is 11.8 Å². The van der Waals surface area contributed by atoms with Crippen LogP contribution >= 0.6 is 11.8 Å². The first-order chi connectivity index (χ1) is 14.1. The summed E-state index contributed by atoms with van der Waals surface area (Å²) in [4.78, 5) is 13.6. The molecule has 1 atom stereocenters. The predicted octanol–water partition coefficient (Wildman–Crippen LogP) is 2.02. The minimum Gasteiger partial charge on any atom is -0.497 e. The number of hydrogen-bond acceptors (Lipinski definition) is 5. The highest BCUT2D eigenvalue weighted by Gasteiger charge is 2.28. The lowest BCUT2D eigenvalue weighted by atomic mass is 10.1. The van der Waals surface area contributed by atoms with Crippen molar-refractivity contribution in [2.24, 2.45) is 0 Å². The van der Waals surface area contributed by atoms with Crippen LogP contribution in [0, 0.1) is 0 Å². The molecule has 0 bridgehead atoms. The number of methoxy groups -OCH3 is 1.